The van der Waals surface area contributed by atoms with Crippen molar-refractivity contribution in [1.82, 2.24) is 0 Å². The molecular weight excluding hydrogens is 293 g/mol. The van der Waals surface area contributed by atoms with Crippen molar-refractivity contribution in [1.29, 1.82) is 0 Å². The molecule has 2 aromatic carbocycles. The molecule has 0 aliphatic carbocycles. The Balaban J connectivity index is 1.90. The number of nitrogens with one attached hydrogen (secondary N) is 1. The average Bonchev–Trinajstić information content (AvgIpc) is 2.41. The number of halogens is 2. The average molecular weight is 308 g/mol. The van der Waals surface area contributed by atoms with Crippen LogP contribution < -0.4 is 5.32 Å². The van der Waals surface area contributed by atoms with Gasteiger partial charge in [0.1, 0.15) is 0 Å². The minimum absolute atomic E-state index is 0.00891. The molecule has 104 valence electrons. The van der Waals surface area contributed by atoms with E-state index in [1.807, 2.05) is 43.3 Å². The van der Waals surface area contributed by atoms with Crippen molar-refractivity contribution in [3.8, 4) is 0 Å². The van der Waals surface area contributed by atoms with Crippen LogP contribution in [0.1, 0.15) is 17.5 Å². The number of hydrogen-bond donors (Lipinski definition) is 1. The first-order chi connectivity index (χ1) is 9.54. The van der Waals surface area contributed by atoms with E-state index in [-0.39, 0.29) is 5.91 Å². The maximum Gasteiger partial charge on any atom is 0.224 e. The molecule has 0 aromatic heterocycles. The second-order valence-corrected chi connectivity index (χ2v) is 5.51. The summed E-state index contributed by atoms with van der Waals surface area (Å²) in [6.07, 6.45) is 1.12. The standard InChI is InChI=1S/C16H15Cl2NO/c1-11-10-14(18)7-8-15(11)19-16(20)9-4-12-2-5-13(17)6-3-12/h2-3,5-8,10H,4,9H2,1H3,(H,19,20). The highest BCUT2D eigenvalue weighted by molar-refractivity contribution is 6.31. The van der Waals surface area contributed by atoms with Crippen molar-refractivity contribution in [2.75, 3.05) is 5.32 Å². The molecule has 0 unspecified atom stereocenters. The molecule has 0 radical (unpaired) electrons. The lowest BCUT2D eigenvalue weighted by Gasteiger charge is -2.08. The monoisotopic (exact) mass is 307 g/mol. The van der Waals surface area contributed by atoms with Crippen LogP contribution in [-0.2, 0) is 11.2 Å². The summed E-state index contributed by atoms with van der Waals surface area (Å²) in [5, 5.41) is 4.27. The van der Waals surface area contributed by atoms with Crippen LogP contribution in [-0.4, -0.2) is 5.91 Å². The van der Waals surface area contributed by atoms with Crippen molar-refractivity contribution in [2.45, 2.75) is 19.8 Å². The third-order valence-electron chi connectivity index (χ3n) is 3.02. The molecule has 0 heterocycles. The molecule has 0 aliphatic heterocycles. The van der Waals surface area contributed by atoms with E-state index in [9.17, 15) is 4.79 Å². The van der Waals surface area contributed by atoms with Gasteiger partial charge in [-0.2, -0.15) is 0 Å². The highest BCUT2D eigenvalue weighted by Crippen LogP contribution is 2.20. The summed E-state index contributed by atoms with van der Waals surface area (Å²) >= 11 is 11.7. The van der Waals surface area contributed by atoms with Crippen LogP contribution in [0.2, 0.25) is 10.0 Å². The number of anilines is 1. The Morgan fingerprint density at radius 1 is 1.05 bits per heavy atom. The first kappa shape index (κ1) is 14.9. The molecule has 2 rings (SSSR count). The van der Waals surface area contributed by atoms with Crippen LogP contribution in [0.25, 0.3) is 0 Å². The van der Waals surface area contributed by atoms with Gasteiger partial charge < -0.3 is 5.32 Å². The molecule has 0 saturated heterocycles. The second-order valence-electron chi connectivity index (χ2n) is 4.63. The van der Waals surface area contributed by atoms with E-state index >= 15 is 0 Å². The lowest BCUT2D eigenvalue weighted by molar-refractivity contribution is -0.116. The maximum absolute atomic E-state index is 11.9. The first-order valence-corrected chi connectivity index (χ1v) is 7.10. The fraction of sp³-hybridized carbons (Fsp3) is 0.188. The number of aryl methyl sites for hydroxylation is 2. The molecule has 20 heavy (non-hydrogen) atoms. The highest BCUT2D eigenvalue weighted by atomic mass is 35.5. The molecule has 0 atom stereocenters. The first-order valence-electron chi connectivity index (χ1n) is 6.35. The minimum atomic E-state index is -0.00891. The van der Waals surface area contributed by atoms with Gasteiger partial charge >= 0.3 is 0 Å². The molecule has 0 saturated carbocycles. The van der Waals surface area contributed by atoms with Gasteiger partial charge in [-0.1, -0.05) is 35.3 Å². The van der Waals surface area contributed by atoms with Gasteiger partial charge in [0.25, 0.3) is 0 Å². The van der Waals surface area contributed by atoms with E-state index in [0.29, 0.717) is 22.9 Å². The third-order valence-corrected chi connectivity index (χ3v) is 3.50. The summed E-state index contributed by atoms with van der Waals surface area (Å²) in [4.78, 5) is 11.9. The quantitative estimate of drug-likeness (QED) is 0.857. The topological polar surface area (TPSA) is 29.1 Å². The van der Waals surface area contributed by atoms with E-state index in [1.165, 1.54) is 0 Å². The molecular formula is C16H15Cl2NO. The zero-order valence-corrected chi connectivity index (χ0v) is 12.6. The Morgan fingerprint density at radius 3 is 2.35 bits per heavy atom. The lowest BCUT2D eigenvalue weighted by atomic mass is 10.1. The summed E-state index contributed by atoms with van der Waals surface area (Å²) in [5.74, 6) is -0.00891. The smallest absolute Gasteiger partial charge is 0.224 e. The molecule has 0 fully saturated rings. The van der Waals surface area contributed by atoms with Crippen molar-refractivity contribution in [3.05, 3.63) is 63.6 Å². The Hall–Kier alpha value is -1.51. The highest BCUT2D eigenvalue weighted by Gasteiger charge is 2.05. The lowest BCUT2D eigenvalue weighted by Crippen LogP contribution is -2.13. The molecule has 0 bridgehead atoms. The SMILES string of the molecule is Cc1cc(Cl)ccc1NC(=O)CCc1ccc(Cl)cc1. The van der Waals surface area contributed by atoms with Gasteiger partial charge in [0.05, 0.1) is 0 Å². The van der Waals surface area contributed by atoms with Crippen LogP contribution in [0.3, 0.4) is 0 Å². The molecule has 0 aliphatic rings. The Labute approximate surface area is 128 Å². The zero-order chi connectivity index (χ0) is 14.5. The van der Waals surface area contributed by atoms with Gasteiger partial charge in [-0.25, -0.2) is 0 Å². The second kappa shape index (κ2) is 6.78. The number of amides is 1. The van der Waals surface area contributed by atoms with E-state index in [0.717, 1.165) is 16.8 Å². The van der Waals surface area contributed by atoms with Gasteiger partial charge in [-0.3, -0.25) is 4.79 Å². The number of benzene rings is 2. The summed E-state index contributed by atoms with van der Waals surface area (Å²) in [6, 6.07) is 12.9. The van der Waals surface area contributed by atoms with Crippen LogP contribution in [0.5, 0.6) is 0 Å². The van der Waals surface area contributed by atoms with Crippen LogP contribution in [0.4, 0.5) is 5.69 Å². The molecule has 1 N–H and O–H groups in total. The number of carbonyl (C=O) groups excluding carboxylic acids is 1. The predicted molar refractivity (Wildman–Crippen MR) is 84.6 cm³/mol. The summed E-state index contributed by atoms with van der Waals surface area (Å²) in [7, 11) is 0. The van der Waals surface area contributed by atoms with Gasteiger partial charge in [0, 0.05) is 22.2 Å². The molecule has 2 nitrogen and oxygen atoms in total. The third kappa shape index (κ3) is 4.26. The van der Waals surface area contributed by atoms with Gasteiger partial charge in [0.2, 0.25) is 5.91 Å². The Bertz CT molecular complexity index is 608. The summed E-state index contributed by atoms with van der Waals surface area (Å²) < 4.78 is 0. The molecule has 4 heteroatoms. The van der Waals surface area contributed by atoms with E-state index in [4.69, 9.17) is 23.2 Å². The van der Waals surface area contributed by atoms with Gasteiger partial charge in [0.15, 0.2) is 0 Å². The largest absolute Gasteiger partial charge is 0.326 e. The van der Waals surface area contributed by atoms with Crippen molar-refractivity contribution in [3.63, 3.8) is 0 Å². The fourth-order valence-electron chi connectivity index (χ4n) is 1.89. The van der Waals surface area contributed by atoms with E-state index < -0.39 is 0 Å². The molecule has 1 amide bonds. The van der Waals surface area contributed by atoms with E-state index in [1.54, 1.807) is 6.07 Å². The van der Waals surface area contributed by atoms with Crippen LogP contribution >= 0.6 is 23.2 Å². The normalized spacial score (nSPS) is 10.3. The van der Waals surface area contributed by atoms with Gasteiger partial charge in [-0.05, 0) is 54.8 Å². The fourth-order valence-corrected chi connectivity index (χ4v) is 2.24. The Morgan fingerprint density at radius 2 is 1.70 bits per heavy atom. The maximum atomic E-state index is 11.9. The van der Waals surface area contributed by atoms with Crippen LogP contribution in [0, 0.1) is 6.92 Å². The summed E-state index contributed by atoms with van der Waals surface area (Å²) in [6.45, 7) is 1.92. The molecule has 0 spiro atoms. The minimum Gasteiger partial charge on any atom is -0.326 e. The summed E-state index contributed by atoms with van der Waals surface area (Å²) in [5.41, 5.74) is 2.85. The van der Waals surface area contributed by atoms with E-state index in [2.05, 4.69) is 5.32 Å². The van der Waals surface area contributed by atoms with Crippen molar-refractivity contribution in [2.24, 2.45) is 0 Å². The molecule has 2 aromatic rings. The number of rotatable bonds is 4. The van der Waals surface area contributed by atoms with Crippen molar-refractivity contribution < 1.29 is 4.79 Å². The zero-order valence-electron chi connectivity index (χ0n) is 11.1. The van der Waals surface area contributed by atoms with Gasteiger partial charge in [-0.15, -0.1) is 0 Å². The number of carbonyl (C=O) groups is 1. The van der Waals surface area contributed by atoms with Crippen molar-refractivity contribution >= 4 is 34.8 Å². The van der Waals surface area contributed by atoms with Crippen LogP contribution in [0.15, 0.2) is 42.5 Å². The Kier molecular flexibility index (Phi) is 5.05. The predicted octanol–water partition coefficient (Wildman–Crippen LogP) is 4.87. The number of hydrogen-bond acceptors (Lipinski definition) is 1.